The van der Waals surface area contributed by atoms with Crippen LogP contribution in [0.2, 0.25) is 0 Å². The van der Waals surface area contributed by atoms with Crippen molar-refractivity contribution in [2.24, 2.45) is 0 Å². The number of fused-ring (bicyclic) bond motifs is 1. The quantitative estimate of drug-likeness (QED) is 0.880. The van der Waals surface area contributed by atoms with E-state index in [1.807, 2.05) is 0 Å². The Labute approximate surface area is 107 Å². The van der Waals surface area contributed by atoms with E-state index in [-0.39, 0.29) is 17.4 Å². The second kappa shape index (κ2) is 4.65. The van der Waals surface area contributed by atoms with Crippen LogP contribution in [0, 0.1) is 0 Å². The Morgan fingerprint density at radius 2 is 1.95 bits per heavy atom. The van der Waals surface area contributed by atoms with Gasteiger partial charge in [-0.1, -0.05) is 0 Å². The predicted molar refractivity (Wildman–Crippen MR) is 66.4 cm³/mol. The zero-order valence-electron chi connectivity index (χ0n) is 10.4. The summed E-state index contributed by atoms with van der Waals surface area (Å²) in [4.78, 5) is 8.21. The van der Waals surface area contributed by atoms with Gasteiger partial charge in [-0.3, -0.25) is 0 Å². The second-order valence-electron chi connectivity index (χ2n) is 4.21. The number of aromatic nitrogens is 2. The van der Waals surface area contributed by atoms with Crippen LogP contribution >= 0.6 is 0 Å². The van der Waals surface area contributed by atoms with E-state index < -0.39 is 11.7 Å². The first-order chi connectivity index (χ1) is 8.82. The van der Waals surface area contributed by atoms with E-state index in [4.69, 9.17) is 5.73 Å². The third kappa shape index (κ3) is 2.60. The molecule has 1 atom stereocenters. The number of nitrogen functional groups attached to an aromatic ring is 1. The van der Waals surface area contributed by atoms with E-state index in [1.165, 1.54) is 6.07 Å². The molecule has 1 aromatic carbocycles. The third-order valence-corrected chi connectivity index (χ3v) is 2.89. The Morgan fingerprint density at radius 1 is 1.26 bits per heavy atom. The fraction of sp³-hybridized carbons (Fsp3) is 0.333. The highest BCUT2D eigenvalue weighted by atomic mass is 19.4. The van der Waals surface area contributed by atoms with Crippen molar-refractivity contribution < 1.29 is 13.2 Å². The summed E-state index contributed by atoms with van der Waals surface area (Å²) in [6.45, 7) is 1.80. The van der Waals surface area contributed by atoms with Gasteiger partial charge in [0.05, 0.1) is 17.1 Å². The van der Waals surface area contributed by atoms with E-state index in [9.17, 15) is 13.2 Å². The normalized spacial score (nSPS) is 13.7. The highest BCUT2D eigenvalue weighted by Crippen LogP contribution is 2.32. The zero-order valence-corrected chi connectivity index (χ0v) is 10.4. The van der Waals surface area contributed by atoms with Gasteiger partial charge in [0.1, 0.15) is 11.6 Å². The van der Waals surface area contributed by atoms with Crippen molar-refractivity contribution in [1.29, 1.82) is 0 Å². The highest BCUT2D eigenvalue weighted by molar-refractivity contribution is 5.88. The first kappa shape index (κ1) is 13.5. The Kier molecular flexibility index (Phi) is 3.32. The number of hydrogen-bond donors (Lipinski definition) is 2. The molecule has 0 saturated carbocycles. The summed E-state index contributed by atoms with van der Waals surface area (Å²) in [5, 5.41) is 3.33. The molecule has 2 aromatic rings. The van der Waals surface area contributed by atoms with Crippen molar-refractivity contribution in [3.8, 4) is 0 Å². The molecule has 0 spiro atoms. The molecule has 0 amide bonds. The van der Waals surface area contributed by atoms with Gasteiger partial charge in [-0.25, -0.2) is 9.97 Å². The maximum absolute atomic E-state index is 12.7. The van der Waals surface area contributed by atoms with Gasteiger partial charge in [-0.2, -0.15) is 13.2 Å². The molecule has 0 saturated heterocycles. The maximum atomic E-state index is 12.7. The summed E-state index contributed by atoms with van der Waals surface area (Å²) in [6, 6.07) is 3.06. The fourth-order valence-electron chi connectivity index (χ4n) is 1.67. The maximum Gasteiger partial charge on any atom is 0.416 e. The smallest absolute Gasteiger partial charge is 0.383 e. The molecule has 19 heavy (non-hydrogen) atoms. The van der Waals surface area contributed by atoms with Gasteiger partial charge in [-0.05, 0) is 32.2 Å². The van der Waals surface area contributed by atoms with Crippen LogP contribution in [-0.2, 0) is 6.18 Å². The summed E-state index contributed by atoms with van der Waals surface area (Å²) in [7, 11) is 1.71. The van der Waals surface area contributed by atoms with Crippen LogP contribution in [0.5, 0.6) is 0 Å². The van der Waals surface area contributed by atoms with Gasteiger partial charge in [0, 0.05) is 5.39 Å². The zero-order chi connectivity index (χ0) is 14.2. The molecular formula is C12H13F3N4. The number of nitrogens with two attached hydrogens (primary N) is 1. The lowest BCUT2D eigenvalue weighted by atomic mass is 10.1. The summed E-state index contributed by atoms with van der Waals surface area (Å²) in [5.41, 5.74) is 5.19. The van der Waals surface area contributed by atoms with Crippen LogP contribution in [0.3, 0.4) is 0 Å². The van der Waals surface area contributed by atoms with Crippen LogP contribution in [0.4, 0.5) is 19.0 Å². The number of hydrogen-bond acceptors (Lipinski definition) is 4. The van der Waals surface area contributed by atoms with Crippen LogP contribution in [0.15, 0.2) is 18.2 Å². The summed E-state index contributed by atoms with van der Waals surface area (Å²) in [5.74, 6) is 0.544. The SMILES string of the molecule is CNC(C)c1nc(N)c2ccc(C(F)(F)F)cc2n1. The number of halogens is 3. The number of nitrogens with zero attached hydrogens (tertiary/aromatic N) is 2. The number of nitrogens with one attached hydrogen (secondary N) is 1. The minimum Gasteiger partial charge on any atom is -0.383 e. The molecule has 3 N–H and O–H groups in total. The van der Waals surface area contributed by atoms with Crippen molar-refractivity contribution in [1.82, 2.24) is 15.3 Å². The van der Waals surface area contributed by atoms with Crippen LogP contribution < -0.4 is 11.1 Å². The lowest BCUT2D eigenvalue weighted by Gasteiger charge is -2.12. The van der Waals surface area contributed by atoms with Crippen molar-refractivity contribution in [2.75, 3.05) is 12.8 Å². The second-order valence-corrected chi connectivity index (χ2v) is 4.21. The molecule has 4 nitrogen and oxygen atoms in total. The highest BCUT2D eigenvalue weighted by Gasteiger charge is 2.30. The van der Waals surface area contributed by atoms with E-state index >= 15 is 0 Å². The summed E-state index contributed by atoms with van der Waals surface area (Å²) >= 11 is 0. The largest absolute Gasteiger partial charge is 0.416 e. The number of anilines is 1. The molecule has 0 aliphatic carbocycles. The molecule has 102 valence electrons. The Balaban J connectivity index is 2.63. The van der Waals surface area contributed by atoms with Gasteiger partial charge in [0.2, 0.25) is 0 Å². The van der Waals surface area contributed by atoms with Crippen molar-refractivity contribution in [3.05, 3.63) is 29.6 Å². The molecule has 0 radical (unpaired) electrons. The van der Waals surface area contributed by atoms with E-state index in [2.05, 4.69) is 15.3 Å². The van der Waals surface area contributed by atoms with Crippen molar-refractivity contribution >= 4 is 16.7 Å². The van der Waals surface area contributed by atoms with Crippen molar-refractivity contribution in [3.63, 3.8) is 0 Å². The topological polar surface area (TPSA) is 63.8 Å². The first-order valence-corrected chi connectivity index (χ1v) is 5.64. The van der Waals surface area contributed by atoms with Gasteiger partial charge >= 0.3 is 6.18 Å². The molecule has 1 unspecified atom stereocenters. The molecule has 0 aliphatic rings. The fourth-order valence-corrected chi connectivity index (χ4v) is 1.67. The monoisotopic (exact) mass is 270 g/mol. The minimum atomic E-state index is -4.40. The van der Waals surface area contributed by atoms with Gasteiger partial charge < -0.3 is 11.1 Å². The summed E-state index contributed by atoms with van der Waals surface area (Å²) < 4.78 is 38.0. The number of rotatable bonds is 2. The molecular weight excluding hydrogens is 257 g/mol. The lowest BCUT2D eigenvalue weighted by molar-refractivity contribution is -0.137. The Hall–Kier alpha value is -1.89. The Bertz CT molecular complexity index is 610. The predicted octanol–water partition coefficient (Wildman–Crippen LogP) is 2.51. The van der Waals surface area contributed by atoms with Crippen LogP contribution in [0.25, 0.3) is 10.9 Å². The van der Waals surface area contributed by atoms with Gasteiger partial charge in [0.25, 0.3) is 0 Å². The molecule has 1 heterocycles. The standard InChI is InChI=1S/C12H13F3N4/c1-6(17-2)11-18-9-5-7(12(13,14)15)3-4-8(9)10(16)19-11/h3-6,17H,1-2H3,(H2,16,18,19). The van der Waals surface area contributed by atoms with E-state index in [1.54, 1.807) is 14.0 Å². The number of benzene rings is 1. The van der Waals surface area contributed by atoms with Gasteiger partial charge in [-0.15, -0.1) is 0 Å². The first-order valence-electron chi connectivity index (χ1n) is 5.64. The Morgan fingerprint density at radius 3 is 2.53 bits per heavy atom. The molecule has 2 rings (SSSR count). The van der Waals surface area contributed by atoms with E-state index in [0.717, 1.165) is 12.1 Å². The molecule has 7 heteroatoms. The molecule has 0 fully saturated rings. The van der Waals surface area contributed by atoms with Crippen LogP contribution in [-0.4, -0.2) is 17.0 Å². The third-order valence-electron chi connectivity index (χ3n) is 2.89. The van der Waals surface area contributed by atoms with E-state index in [0.29, 0.717) is 11.2 Å². The lowest BCUT2D eigenvalue weighted by Crippen LogP contribution is -2.16. The number of alkyl halides is 3. The minimum absolute atomic E-state index is 0.177. The van der Waals surface area contributed by atoms with Gasteiger partial charge in [0.15, 0.2) is 0 Å². The molecule has 0 bridgehead atoms. The molecule has 0 aliphatic heterocycles. The van der Waals surface area contributed by atoms with Crippen LogP contribution in [0.1, 0.15) is 24.4 Å². The summed E-state index contributed by atoms with van der Waals surface area (Å²) in [6.07, 6.45) is -4.40. The molecule has 1 aromatic heterocycles. The average molecular weight is 270 g/mol. The van der Waals surface area contributed by atoms with Crippen molar-refractivity contribution in [2.45, 2.75) is 19.1 Å². The average Bonchev–Trinajstić information content (AvgIpc) is 2.36.